The SMILES string of the molecule is C=C(C)CN(Cc1ccccc1)Cc1ccccc1. The number of benzene rings is 2. The predicted molar refractivity (Wildman–Crippen MR) is 81.8 cm³/mol. The molecule has 0 aliphatic heterocycles. The summed E-state index contributed by atoms with van der Waals surface area (Å²) in [6, 6.07) is 21.2. The molecule has 0 aliphatic carbocycles. The van der Waals surface area contributed by atoms with Gasteiger partial charge in [0.05, 0.1) is 0 Å². The third-order valence-corrected chi connectivity index (χ3v) is 2.99. The van der Waals surface area contributed by atoms with Crippen molar-refractivity contribution < 1.29 is 0 Å². The van der Waals surface area contributed by atoms with E-state index in [4.69, 9.17) is 0 Å². The van der Waals surface area contributed by atoms with Gasteiger partial charge in [-0.1, -0.05) is 72.8 Å². The van der Waals surface area contributed by atoms with E-state index in [1.54, 1.807) is 0 Å². The van der Waals surface area contributed by atoms with E-state index in [9.17, 15) is 0 Å². The Balaban J connectivity index is 2.06. The standard InChI is InChI=1S/C18H21N/c1-16(2)13-19(14-17-9-5-3-6-10-17)15-18-11-7-4-8-12-18/h3-12H,1,13-15H2,2H3. The van der Waals surface area contributed by atoms with Gasteiger partial charge in [0.15, 0.2) is 0 Å². The van der Waals surface area contributed by atoms with Gasteiger partial charge in [0.25, 0.3) is 0 Å². The molecular weight excluding hydrogens is 230 g/mol. The Bertz CT molecular complexity index is 460. The van der Waals surface area contributed by atoms with Crippen molar-refractivity contribution in [3.8, 4) is 0 Å². The van der Waals surface area contributed by atoms with E-state index in [1.165, 1.54) is 16.7 Å². The predicted octanol–water partition coefficient (Wildman–Crippen LogP) is 4.26. The minimum atomic E-state index is 0.934. The average Bonchev–Trinajstić information content (AvgIpc) is 2.40. The molecule has 0 N–H and O–H groups in total. The van der Waals surface area contributed by atoms with Crippen LogP contribution in [0.15, 0.2) is 72.8 Å². The molecule has 0 atom stereocenters. The zero-order valence-electron chi connectivity index (χ0n) is 11.5. The molecule has 0 bridgehead atoms. The lowest BCUT2D eigenvalue weighted by atomic mass is 10.1. The molecule has 0 radical (unpaired) electrons. The van der Waals surface area contributed by atoms with E-state index in [0.29, 0.717) is 0 Å². The highest BCUT2D eigenvalue weighted by Gasteiger charge is 2.07. The fourth-order valence-corrected chi connectivity index (χ4v) is 2.23. The van der Waals surface area contributed by atoms with Crippen molar-refractivity contribution in [2.45, 2.75) is 20.0 Å². The van der Waals surface area contributed by atoms with E-state index in [-0.39, 0.29) is 0 Å². The van der Waals surface area contributed by atoms with Crippen molar-refractivity contribution >= 4 is 0 Å². The van der Waals surface area contributed by atoms with Gasteiger partial charge in [0, 0.05) is 19.6 Å². The summed E-state index contributed by atoms with van der Waals surface area (Å²) >= 11 is 0. The molecule has 0 unspecified atom stereocenters. The quantitative estimate of drug-likeness (QED) is 0.693. The molecule has 2 rings (SSSR count). The van der Waals surface area contributed by atoms with Crippen molar-refractivity contribution in [1.82, 2.24) is 4.90 Å². The summed E-state index contributed by atoms with van der Waals surface area (Å²) < 4.78 is 0. The fourth-order valence-electron chi connectivity index (χ4n) is 2.23. The summed E-state index contributed by atoms with van der Waals surface area (Å²) in [4.78, 5) is 2.42. The third kappa shape index (κ3) is 4.72. The smallest absolute Gasteiger partial charge is 0.0240 e. The van der Waals surface area contributed by atoms with Crippen molar-refractivity contribution in [1.29, 1.82) is 0 Å². The number of rotatable bonds is 6. The lowest BCUT2D eigenvalue weighted by molar-refractivity contribution is 0.280. The Morgan fingerprint density at radius 3 is 1.63 bits per heavy atom. The molecule has 1 nitrogen and oxygen atoms in total. The number of nitrogens with zero attached hydrogens (tertiary/aromatic N) is 1. The summed E-state index contributed by atoms with van der Waals surface area (Å²) in [5, 5.41) is 0. The van der Waals surface area contributed by atoms with Crippen LogP contribution in [0.5, 0.6) is 0 Å². The van der Waals surface area contributed by atoms with Crippen LogP contribution in [-0.2, 0) is 13.1 Å². The van der Waals surface area contributed by atoms with Crippen LogP contribution in [0.3, 0.4) is 0 Å². The molecule has 0 saturated carbocycles. The molecule has 1 heteroatoms. The monoisotopic (exact) mass is 251 g/mol. The molecule has 98 valence electrons. The zero-order chi connectivity index (χ0) is 13.5. The summed E-state index contributed by atoms with van der Waals surface area (Å²) in [6.45, 7) is 8.98. The molecule has 0 heterocycles. The highest BCUT2D eigenvalue weighted by molar-refractivity contribution is 5.17. The second-order valence-electron chi connectivity index (χ2n) is 5.07. The highest BCUT2D eigenvalue weighted by atomic mass is 15.1. The Morgan fingerprint density at radius 2 is 1.26 bits per heavy atom. The molecule has 2 aromatic rings. The van der Waals surface area contributed by atoms with Gasteiger partial charge in [0.1, 0.15) is 0 Å². The molecule has 0 fully saturated rings. The molecule has 2 aromatic carbocycles. The maximum Gasteiger partial charge on any atom is 0.0240 e. The molecule has 19 heavy (non-hydrogen) atoms. The minimum absolute atomic E-state index is 0.934. The second kappa shape index (κ2) is 6.91. The summed E-state index contributed by atoms with van der Waals surface area (Å²) in [6.07, 6.45) is 0. The van der Waals surface area contributed by atoms with E-state index in [0.717, 1.165) is 19.6 Å². The van der Waals surface area contributed by atoms with Crippen molar-refractivity contribution in [2.24, 2.45) is 0 Å². The zero-order valence-corrected chi connectivity index (χ0v) is 11.5. The summed E-state index contributed by atoms with van der Waals surface area (Å²) in [7, 11) is 0. The first-order chi connectivity index (χ1) is 9.24. The van der Waals surface area contributed by atoms with Crippen molar-refractivity contribution in [3.05, 3.63) is 83.9 Å². The normalized spacial score (nSPS) is 10.6. The Hall–Kier alpha value is -1.86. The highest BCUT2D eigenvalue weighted by Crippen LogP contribution is 2.11. The van der Waals surface area contributed by atoms with Gasteiger partial charge in [-0.3, -0.25) is 4.90 Å². The molecule has 0 aliphatic rings. The van der Waals surface area contributed by atoms with Crippen LogP contribution in [0.1, 0.15) is 18.1 Å². The van der Waals surface area contributed by atoms with E-state index >= 15 is 0 Å². The Morgan fingerprint density at radius 1 is 0.842 bits per heavy atom. The lowest BCUT2D eigenvalue weighted by Crippen LogP contribution is -2.24. The first kappa shape index (κ1) is 13.6. The number of hydrogen-bond donors (Lipinski definition) is 0. The molecule has 0 spiro atoms. The van der Waals surface area contributed by atoms with Crippen molar-refractivity contribution in [2.75, 3.05) is 6.54 Å². The van der Waals surface area contributed by atoms with E-state index in [2.05, 4.69) is 79.1 Å². The first-order valence-corrected chi connectivity index (χ1v) is 6.68. The maximum absolute atomic E-state index is 4.04. The van der Waals surface area contributed by atoms with Gasteiger partial charge in [-0.05, 0) is 18.1 Å². The second-order valence-corrected chi connectivity index (χ2v) is 5.07. The van der Waals surface area contributed by atoms with Crippen LogP contribution in [0.25, 0.3) is 0 Å². The largest absolute Gasteiger partial charge is 0.291 e. The van der Waals surface area contributed by atoms with Crippen LogP contribution in [-0.4, -0.2) is 11.4 Å². The molecular formula is C18H21N. The van der Waals surface area contributed by atoms with Crippen LogP contribution in [0, 0.1) is 0 Å². The summed E-state index contributed by atoms with van der Waals surface area (Å²) in [5.74, 6) is 0. The van der Waals surface area contributed by atoms with Crippen molar-refractivity contribution in [3.63, 3.8) is 0 Å². The van der Waals surface area contributed by atoms with Crippen LogP contribution >= 0.6 is 0 Å². The first-order valence-electron chi connectivity index (χ1n) is 6.68. The van der Waals surface area contributed by atoms with Gasteiger partial charge in [0.2, 0.25) is 0 Å². The third-order valence-electron chi connectivity index (χ3n) is 2.99. The van der Waals surface area contributed by atoms with Gasteiger partial charge < -0.3 is 0 Å². The lowest BCUT2D eigenvalue weighted by Gasteiger charge is -2.22. The average molecular weight is 251 g/mol. The van der Waals surface area contributed by atoms with E-state index < -0.39 is 0 Å². The van der Waals surface area contributed by atoms with Crippen LogP contribution in [0.2, 0.25) is 0 Å². The number of hydrogen-bond acceptors (Lipinski definition) is 1. The van der Waals surface area contributed by atoms with Crippen LogP contribution in [0.4, 0.5) is 0 Å². The van der Waals surface area contributed by atoms with Gasteiger partial charge in [-0.2, -0.15) is 0 Å². The molecule has 0 saturated heterocycles. The van der Waals surface area contributed by atoms with Gasteiger partial charge in [-0.15, -0.1) is 0 Å². The summed E-state index contributed by atoms with van der Waals surface area (Å²) in [5.41, 5.74) is 3.89. The molecule has 0 amide bonds. The van der Waals surface area contributed by atoms with Gasteiger partial charge >= 0.3 is 0 Å². The Labute approximate surface area is 116 Å². The minimum Gasteiger partial charge on any atom is -0.291 e. The van der Waals surface area contributed by atoms with Crippen LogP contribution < -0.4 is 0 Å². The fraction of sp³-hybridized carbons (Fsp3) is 0.222. The topological polar surface area (TPSA) is 3.24 Å². The van der Waals surface area contributed by atoms with Gasteiger partial charge in [-0.25, -0.2) is 0 Å². The Kier molecular flexibility index (Phi) is 4.93. The van der Waals surface area contributed by atoms with E-state index in [1.807, 2.05) is 0 Å². The maximum atomic E-state index is 4.04. The molecule has 0 aromatic heterocycles.